The standard InChI is InChI=1S/C29H43N3O4/c1-20(2)16-21(18-26(33)36-29(3,4)5)27(34)31-24-17-22-19-32(25-13-9-8-12-23(22)25)15-11-7-6-10-14-30-28(24)35/h8-9,12-13,19-21,24H,6-7,10-11,14-18H2,1-5H3,(H,30,35)(H,31,34). The summed E-state index contributed by atoms with van der Waals surface area (Å²) >= 11 is 0. The zero-order valence-electron chi connectivity index (χ0n) is 22.6. The number of hydrogen-bond acceptors (Lipinski definition) is 4. The highest BCUT2D eigenvalue weighted by Crippen LogP contribution is 2.25. The smallest absolute Gasteiger partial charge is 0.307 e. The van der Waals surface area contributed by atoms with Crippen LogP contribution >= 0.6 is 0 Å². The van der Waals surface area contributed by atoms with Crippen molar-refractivity contribution in [3.05, 3.63) is 36.0 Å². The van der Waals surface area contributed by atoms with Gasteiger partial charge in [-0.05, 0) is 57.6 Å². The third kappa shape index (κ3) is 8.10. The molecular formula is C29H43N3O4. The van der Waals surface area contributed by atoms with Crippen molar-refractivity contribution in [1.82, 2.24) is 15.2 Å². The second-order valence-corrected chi connectivity index (χ2v) is 11.5. The van der Waals surface area contributed by atoms with E-state index in [1.807, 2.05) is 46.8 Å². The van der Waals surface area contributed by atoms with Gasteiger partial charge < -0.3 is 19.9 Å². The molecule has 0 radical (unpaired) electrons. The van der Waals surface area contributed by atoms with Crippen LogP contribution in [-0.4, -0.2) is 40.5 Å². The molecule has 7 heteroatoms. The van der Waals surface area contributed by atoms with Gasteiger partial charge in [0.15, 0.2) is 0 Å². The molecule has 0 saturated carbocycles. The van der Waals surface area contributed by atoms with Crippen molar-refractivity contribution < 1.29 is 19.1 Å². The van der Waals surface area contributed by atoms with Crippen LogP contribution in [0.15, 0.2) is 30.5 Å². The first kappa shape index (κ1) is 27.8. The Labute approximate surface area is 215 Å². The number of benzene rings is 1. The summed E-state index contributed by atoms with van der Waals surface area (Å²) in [5, 5.41) is 7.14. The van der Waals surface area contributed by atoms with E-state index in [1.165, 1.54) is 0 Å². The molecule has 0 saturated heterocycles. The summed E-state index contributed by atoms with van der Waals surface area (Å²) in [5.41, 5.74) is 1.58. The number of aromatic nitrogens is 1. The number of hydrogen-bond donors (Lipinski definition) is 2. The molecule has 1 aliphatic rings. The Morgan fingerprint density at radius 1 is 1.14 bits per heavy atom. The molecule has 0 fully saturated rings. The van der Waals surface area contributed by atoms with E-state index in [-0.39, 0.29) is 24.2 Å². The average Bonchev–Trinajstić information content (AvgIpc) is 3.13. The van der Waals surface area contributed by atoms with E-state index in [4.69, 9.17) is 4.74 Å². The van der Waals surface area contributed by atoms with Crippen LogP contribution < -0.4 is 10.6 Å². The number of nitrogens with zero attached hydrogens (tertiary/aromatic N) is 1. The van der Waals surface area contributed by atoms with E-state index < -0.39 is 23.5 Å². The van der Waals surface area contributed by atoms with Crippen molar-refractivity contribution in [2.45, 2.75) is 97.8 Å². The predicted molar refractivity (Wildman–Crippen MR) is 142 cm³/mol. The van der Waals surface area contributed by atoms with Gasteiger partial charge in [0.1, 0.15) is 11.6 Å². The van der Waals surface area contributed by atoms with E-state index in [9.17, 15) is 14.4 Å². The molecule has 1 aromatic heterocycles. The first-order valence-electron chi connectivity index (χ1n) is 13.4. The number of aryl methyl sites for hydroxylation is 1. The Morgan fingerprint density at radius 2 is 1.86 bits per heavy atom. The van der Waals surface area contributed by atoms with E-state index in [0.29, 0.717) is 19.4 Å². The molecule has 1 aromatic carbocycles. The average molecular weight is 498 g/mol. The SMILES string of the molecule is CC(C)CC(CC(=O)OC(C)(C)C)C(=O)NC1Cc2cn(c3ccccc23)CCCCCCNC1=O. The minimum absolute atomic E-state index is 0.00503. The van der Waals surface area contributed by atoms with Gasteiger partial charge in [-0.2, -0.15) is 0 Å². The normalized spacial score (nSPS) is 18.5. The lowest BCUT2D eigenvalue weighted by atomic mass is 9.92. The number of carbonyl (C=O) groups excluding carboxylic acids is 3. The van der Waals surface area contributed by atoms with Gasteiger partial charge in [0, 0.05) is 42.5 Å². The lowest BCUT2D eigenvalue weighted by molar-refractivity contribution is -0.157. The summed E-state index contributed by atoms with van der Waals surface area (Å²) in [7, 11) is 0. The van der Waals surface area contributed by atoms with Gasteiger partial charge in [-0.1, -0.05) is 44.9 Å². The summed E-state index contributed by atoms with van der Waals surface area (Å²) in [4.78, 5) is 39.2. The fourth-order valence-electron chi connectivity index (χ4n) is 4.92. The summed E-state index contributed by atoms with van der Waals surface area (Å²) in [6.45, 7) is 11.0. The van der Waals surface area contributed by atoms with Gasteiger partial charge in [-0.25, -0.2) is 0 Å². The number of ether oxygens (including phenoxy) is 1. The molecule has 1 aliphatic heterocycles. The second kappa shape index (κ2) is 12.4. The molecule has 2 aromatic rings. The van der Waals surface area contributed by atoms with Crippen molar-refractivity contribution in [3.8, 4) is 0 Å². The zero-order valence-corrected chi connectivity index (χ0v) is 22.6. The number of nitrogens with one attached hydrogen (secondary N) is 2. The van der Waals surface area contributed by atoms with E-state index in [1.54, 1.807) is 0 Å². The lowest BCUT2D eigenvalue weighted by Gasteiger charge is -2.25. The lowest BCUT2D eigenvalue weighted by Crippen LogP contribution is -2.50. The maximum absolute atomic E-state index is 13.4. The van der Waals surface area contributed by atoms with Crippen molar-refractivity contribution in [1.29, 1.82) is 0 Å². The van der Waals surface area contributed by atoms with Crippen molar-refractivity contribution in [2.75, 3.05) is 6.54 Å². The van der Waals surface area contributed by atoms with E-state index >= 15 is 0 Å². The molecule has 36 heavy (non-hydrogen) atoms. The van der Waals surface area contributed by atoms with Crippen molar-refractivity contribution in [3.63, 3.8) is 0 Å². The van der Waals surface area contributed by atoms with E-state index in [0.717, 1.165) is 48.7 Å². The Kier molecular flexibility index (Phi) is 9.57. The Balaban J connectivity index is 1.85. The summed E-state index contributed by atoms with van der Waals surface area (Å²) in [6, 6.07) is 7.51. The van der Waals surface area contributed by atoms with E-state index in [2.05, 4.69) is 33.5 Å². The van der Waals surface area contributed by atoms with Gasteiger partial charge in [0.05, 0.1) is 6.42 Å². The molecule has 0 spiro atoms. The van der Waals surface area contributed by atoms with Gasteiger partial charge in [-0.15, -0.1) is 0 Å². The maximum atomic E-state index is 13.4. The highest BCUT2D eigenvalue weighted by molar-refractivity contribution is 5.91. The minimum Gasteiger partial charge on any atom is -0.460 e. The Hall–Kier alpha value is -2.83. The topological polar surface area (TPSA) is 89.4 Å². The van der Waals surface area contributed by atoms with Gasteiger partial charge in [-0.3, -0.25) is 14.4 Å². The van der Waals surface area contributed by atoms with Crippen LogP contribution in [0.1, 0.15) is 78.7 Å². The van der Waals surface area contributed by atoms with Crippen molar-refractivity contribution in [2.24, 2.45) is 11.8 Å². The zero-order chi connectivity index (χ0) is 26.3. The van der Waals surface area contributed by atoms with Gasteiger partial charge in [0.25, 0.3) is 0 Å². The van der Waals surface area contributed by atoms with Crippen LogP contribution in [0.3, 0.4) is 0 Å². The largest absolute Gasteiger partial charge is 0.460 e. The fraction of sp³-hybridized carbons (Fsp3) is 0.621. The van der Waals surface area contributed by atoms with Crippen LogP contribution in [0.5, 0.6) is 0 Å². The monoisotopic (exact) mass is 497 g/mol. The first-order valence-corrected chi connectivity index (χ1v) is 13.4. The number of carbonyl (C=O) groups is 3. The van der Waals surface area contributed by atoms with Crippen molar-refractivity contribution >= 4 is 28.7 Å². The minimum atomic E-state index is -0.717. The van der Waals surface area contributed by atoms with Crippen LogP contribution in [0, 0.1) is 11.8 Å². The molecule has 2 unspecified atom stereocenters. The molecule has 2 bridgehead atoms. The summed E-state index contributed by atoms with van der Waals surface area (Å²) in [6.07, 6.45) is 7.22. The third-order valence-electron chi connectivity index (χ3n) is 6.51. The van der Waals surface area contributed by atoms with Crippen LogP contribution in [0.2, 0.25) is 0 Å². The predicted octanol–water partition coefficient (Wildman–Crippen LogP) is 4.75. The third-order valence-corrected chi connectivity index (χ3v) is 6.51. The molecule has 0 aliphatic carbocycles. The molecule has 2 heterocycles. The molecule has 3 rings (SSSR count). The first-order chi connectivity index (χ1) is 17.0. The maximum Gasteiger partial charge on any atom is 0.307 e. The van der Waals surface area contributed by atoms with Gasteiger partial charge >= 0.3 is 5.97 Å². The van der Waals surface area contributed by atoms with Crippen LogP contribution in [-0.2, 0) is 32.1 Å². The molecule has 2 amide bonds. The fourth-order valence-corrected chi connectivity index (χ4v) is 4.92. The molecular weight excluding hydrogens is 454 g/mol. The van der Waals surface area contributed by atoms with Gasteiger partial charge in [0.2, 0.25) is 11.8 Å². The number of rotatable bonds is 6. The summed E-state index contributed by atoms with van der Waals surface area (Å²) in [5.74, 6) is -1.19. The quantitative estimate of drug-likeness (QED) is 0.564. The number of amides is 2. The molecule has 2 N–H and O–H groups in total. The molecule has 198 valence electrons. The second-order valence-electron chi connectivity index (χ2n) is 11.5. The Bertz CT molecular complexity index is 1050. The number of esters is 1. The molecule has 7 nitrogen and oxygen atoms in total. The highest BCUT2D eigenvalue weighted by Gasteiger charge is 2.30. The number of fused-ring (bicyclic) bond motifs is 5. The highest BCUT2D eigenvalue weighted by atomic mass is 16.6. The Morgan fingerprint density at radius 3 is 2.58 bits per heavy atom. The van der Waals surface area contributed by atoms with Crippen LogP contribution in [0.25, 0.3) is 10.9 Å². The number of para-hydroxylation sites is 1. The summed E-state index contributed by atoms with van der Waals surface area (Å²) < 4.78 is 7.75. The van der Waals surface area contributed by atoms with Crippen LogP contribution in [0.4, 0.5) is 0 Å². The molecule has 2 atom stereocenters.